The van der Waals surface area contributed by atoms with Crippen LogP contribution in [0.2, 0.25) is 0 Å². The fraction of sp³-hybridized carbons (Fsp3) is 0.538. The standard InChI is InChI=1S/C13H18O2S/c1-15-12-9-5-6-10-13(12)16(14)11-7-3-2-4-8-11/h5-6,9-11H,2-4,7-8H2,1H3/t16-/m0/s1. The summed E-state index contributed by atoms with van der Waals surface area (Å²) in [5.41, 5.74) is 0. The van der Waals surface area contributed by atoms with Crippen LogP contribution in [0.5, 0.6) is 5.75 Å². The Morgan fingerprint density at radius 1 is 1.19 bits per heavy atom. The number of benzene rings is 1. The lowest BCUT2D eigenvalue weighted by Crippen LogP contribution is -2.19. The number of para-hydroxylation sites is 1. The molecule has 1 saturated carbocycles. The molecule has 16 heavy (non-hydrogen) atoms. The molecular formula is C13H18O2S. The fourth-order valence-corrected chi connectivity index (χ4v) is 3.93. The normalized spacial score (nSPS) is 19.3. The average molecular weight is 238 g/mol. The second-order valence-electron chi connectivity index (χ2n) is 4.21. The van der Waals surface area contributed by atoms with E-state index in [0.717, 1.165) is 23.5 Å². The molecule has 0 bridgehead atoms. The highest BCUT2D eigenvalue weighted by atomic mass is 32.2. The summed E-state index contributed by atoms with van der Waals surface area (Å²) in [4.78, 5) is 0.858. The van der Waals surface area contributed by atoms with E-state index < -0.39 is 10.8 Å². The first-order valence-corrected chi connectivity index (χ1v) is 7.08. The summed E-state index contributed by atoms with van der Waals surface area (Å²) >= 11 is 0. The maximum atomic E-state index is 12.4. The van der Waals surface area contributed by atoms with Crippen molar-refractivity contribution in [3.63, 3.8) is 0 Å². The quantitative estimate of drug-likeness (QED) is 0.808. The van der Waals surface area contributed by atoms with Gasteiger partial charge in [-0.25, -0.2) is 0 Å². The number of ether oxygens (including phenoxy) is 1. The van der Waals surface area contributed by atoms with Crippen LogP contribution in [0.4, 0.5) is 0 Å². The number of hydrogen-bond donors (Lipinski definition) is 0. The highest BCUT2D eigenvalue weighted by Gasteiger charge is 2.22. The van der Waals surface area contributed by atoms with Gasteiger partial charge in [-0.05, 0) is 25.0 Å². The molecule has 0 radical (unpaired) electrons. The van der Waals surface area contributed by atoms with Gasteiger partial charge in [0.2, 0.25) is 0 Å². The average Bonchev–Trinajstić information content (AvgIpc) is 2.39. The van der Waals surface area contributed by atoms with Gasteiger partial charge in [0.15, 0.2) is 0 Å². The maximum Gasteiger partial charge on any atom is 0.134 e. The second-order valence-corrected chi connectivity index (χ2v) is 5.91. The van der Waals surface area contributed by atoms with Crippen molar-refractivity contribution in [2.45, 2.75) is 42.2 Å². The molecule has 0 heterocycles. The van der Waals surface area contributed by atoms with Crippen LogP contribution in [0.3, 0.4) is 0 Å². The highest BCUT2D eigenvalue weighted by Crippen LogP contribution is 2.30. The summed E-state index contributed by atoms with van der Waals surface area (Å²) in [6, 6.07) is 7.65. The monoisotopic (exact) mass is 238 g/mol. The third-order valence-corrected chi connectivity index (χ3v) is 4.99. The van der Waals surface area contributed by atoms with Crippen LogP contribution >= 0.6 is 0 Å². The van der Waals surface area contributed by atoms with Gasteiger partial charge in [-0.15, -0.1) is 0 Å². The van der Waals surface area contributed by atoms with Crippen molar-refractivity contribution in [3.05, 3.63) is 24.3 Å². The Morgan fingerprint density at radius 3 is 2.56 bits per heavy atom. The molecule has 1 aromatic carbocycles. The molecule has 1 atom stereocenters. The lowest BCUT2D eigenvalue weighted by Gasteiger charge is -2.21. The molecule has 1 aromatic rings. The van der Waals surface area contributed by atoms with Crippen LogP contribution in [0.15, 0.2) is 29.2 Å². The molecule has 3 heteroatoms. The van der Waals surface area contributed by atoms with Crippen LogP contribution in [0, 0.1) is 0 Å². The van der Waals surface area contributed by atoms with E-state index in [1.807, 2.05) is 24.3 Å². The van der Waals surface area contributed by atoms with Crippen LogP contribution in [0.1, 0.15) is 32.1 Å². The molecule has 0 aliphatic heterocycles. The predicted molar refractivity (Wildman–Crippen MR) is 66.3 cm³/mol. The van der Waals surface area contributed by atoms with Crippen molar-refractivity contribution in [2.75, 3.05) is 7.11 Å². The summed E-state index contributed by atoms with van der Waals surface area (Å²) in [6.45, 7) is 0. The van der Waals surface area contributed by atoms with Crippen LogP contribution < -0.4 is 4.74 Å². The van der Waals surface area contributed by atoms with Gasteiger partial charge in [-0.1, -0.05) is 31.4 Å². The molecule has 1 aliphatic rings. The summed E-state index contributed by atoms with van der Waals surface area (Å²) in [5.74, 6) is 0.756. The van der Waals surface area contributed by atoms with Crippen molar-refractivity contribution in [2.24, 2.45) is 0 Å². The largest absolute Gasteiger partial charge is 0.495 e. The smallest absolute Gasteiger partial charge is 0.134 e. The van der Waals surface area contributed by atoms with Crippen LogP contribution in [-0.4, -0.2) is 16.6 Å². The van der Waals surface area contributed by atoms with Gasteiger partial charge in [0.05, 0.1) is 22.8 Å². The van der Waals surface area contributed by atoms with Gasteiger partial charge in [0, 0.05) is 5.25 Å². The Balaban J connectivity index is 2.19. The Morgan fingerprint density at radius 2 is 1.88 bits per heavy atom. The zero-order valence-corrected chi connectivity index (χ0v) is 10.5. The van der Waals surface area contributed by atoms with E-state index in [2.05, 4.69) is 0 Å². The first-order chi connectivity index (χ1) is 7.83. The van der Waals surface area contributed by atoms with Crippen LogP contribution in [-0.2, 0) is 10.8 Å². The Labute approximate surface area is 99.5 Å². The molecule has 2 nitrogen and oxygen atoms in total. The number of hydrogen-bond acceptors (Lipinski definition) is 2. The van der Waals surface area contributed by atoms with Crippen molar-refractivity contribution in [3.8, 4) is 5.75 Å². The molecular weight excluding hydrogens is 220 g/mol. The first-order valence-electron chi connectivity index (χ1n) is 5.86. The lowest BCUT2D eigenvalue weighted by atomic mass is 10.0. The van der Waals surface area contributed by atoms with Crippen LogP contribution in [0.25, 0.3) is 0 Å². The lowest BCUT2D eigenvalue weighted by molar-refractivity contribution is 0.403. The van der Waals surface area contributed by atoms with Gasteiger partial charge in [0.25, 0.3) is 0 Å². The molecule has 0 N–H and O–H groups in total. The minimum atomic E-state index is -0.906. The van der Waals surface area contributed by atoms with Gasteiger partial charge in [-0.2, -0.15) is 0 Å². The van der Waals surface area contributed by atoms with E-state index >= 15 is 0 Å². The van der Waals surface area contributed by atoms with Gasteiger partial charge in [-0.3, -0.25) is 4.21 Å². The number of rotatable bonds is 3. The summed E-state index contributed by atoms with van der Waals surface area (Å²) in [6.07, 6.45) is 5.89. The van der Waals surface area contributed by atoms with Crippen molar-refractivity contribution < 1.29 is 8.95 Å². The minimum Gasteiger partial charge on any atom is -0.495 e. The van der Waals surface area contributed by atoms with E-state index in [1.54, 1.807) is 7.11 Å². The third kappa shape index (κ3) is 2.46. The number of methoxy groups -OCH3 is 1. The molecule has 1 aliphatic carbocycles. The molecule has 0 spiro atoms. The Hall–Kier alpha value is -0.830. The molecule has 2 rings (SSSR count). The zero-order valence-electron chi connectivity index (χ0n) is 9.65. The summed E-state index contributed by atoms with van der Waals surface area (Å²) in [5, 5.41) is 0.324. The van der Waals surface area contributed by atoms with E-state index in [0.29, 0.717) is 5.25 Å². The zero-order chi connectivity index (χ0) is 11.4. The van der Waals surface area contributed by atoms with Gasteiger partial charge < -0.3 is 4.74 Å². The highest BCUT2D eigenvalue weighted by molar-refractivity contribution is 7.85. The molecule has 1 fully saturated rings. The maximum absolute atomic E-state index is 12.4. The third-order valence-electron chi connectivity index (χ3n) is 3.14. The molecule has 0 aromatic heterocycles. The topological polar surface area (TPSA) is 26.3 Å². The summed E-state index contributed by atoms with van der Waals surface area (Å²) in [7, 11) is 0.730. The van der Waals surface area contributed by atoms with E-state index in [9.17, 15) is 4.21 Å². The molecule has 88 valence electrons. The van der Waals surface area contributed by atoms with Crippen molar-refractivity contribution >= 4 is 10.8 Å². The fourth-order valence-electron chi connectivity index (χ4n) is 2.24. The van der Waals surface area contributed by atoms with E-state index in [-0.39, 0.29) is 0 Å². The van der Waals surface area contributed by atoms with E-state index in [4.69, 9.17) is 4.74 Å². The SMILES string of the molecule is COc1ccccc1[S@@](=O)C1CCCCC1. The Kier molecular flexibility index (Phi) is 3.99. The molecule has 0 amide bonds. The molecule has 0 unspecified atom stereocenters. The van der Waals surface area contributed by atoms with Gasteiger partial charge >= 0.3 is 0 Å². The van der Waals surface area contributed by atoms with E-state index in [1.165, 1.54) is 19.3 Å². The first kappa shape index (κ1) is 11.6. The summed E-state index contributed by atoms with van der Waals surface area (Å²) < 4.78 is 17.7. The Bertz CT molecular complexity index is 370. The molecule has 0 saturated heterocycles. The van der Waals surface area contributed by atoms with Gasteiger partial charge in [0.1, 0.15) is 5.75 Å². The second kappa shape index (κ2) is 5.48. The minimum absolute atomic E-state index is 0.324. The van der Waals surface area contributed by atoms with Crippen molar-refractivity contribution in [1.82, 2.24) is 0 Å². The van der Waals surface area contributed by atoms with Crippen molar-refractivity contribution in [1.29, 1.82) is 0 Å². The predicted octanol–water partition coefficient (Wildman–Crippen LogP) is 3.14.